The van der Waals surface area contributed by atoms with Crippen LogP contribution < -0.4 is 0 Å². The van der Waals surface area contributed by atoms with E-state index in [2.05, 4.69) is 28.8 Å². The SMILES string of the molecule is CCN(C)CCN(C)C(C)=N/C=C(\C)Cl. The monoisotopic (exact) mass is 231 g/mol. The lowest BCUT2D eigenvalue weighted by Crippen LogP contribution is -2.33. The average Bonchev–Trinajstić information content (AvgIpc) is 2.21. The number of nitrogens with zero attached hydrogens (tertiary/aromatic N) is 3. The van der Waals surface area contributed by atoms with Crippen molar-refractivity contribution in [3.63, 3.8) is 0 Å². The van der Waals surface area contributed by atoms with Gasteiger partial charge in [-0.05, 0) is 27.4 Å². The molecule has 0 aliphatic rings. The van der Waals surface area contributed by atoms with E-state index >= 15 is 0 Å². The molecule has 0 atom stereocenters. The number of hydrogen-bond donors (Lipinski definition) is 0. The summed E-state index contributed by atoms with van der Waals surface area (Å²) < 4.78 is 0. The number of likely N-dealkylation sites (N-methyl/N-ethyl adjacent to an activating group) is 2. The molecule has 0 N–H and O–H groups in total. The molecule has 0 radical (unpaired) electrons. The van der Waals surface area contributed by atoms with E-state index in [1.54, 1.807) is 6.20 Å². The molecule has 0 aliphatic heterocycles. The number of halogens is 1. The van der Waals surface area contributed by atoms with Gasteiger partial charge < -0.3 is 9.80 Å². The number of rotatable bonds is 5. The van der Waals surface area contributed by atoms with Crippen LogP contribution in [0.5, 0.6) is 0 Å². The van der Waals surface area contributed by atoms with Gasteiger partial charge in [0.25, 0.3) is 0 Å². The van der Waals surface area contributed by atoms with E-state index in [1.807, 2.05) is 20.9 Å². The van der Waals surface area contributed by atoms with E-state index in [0.29, 0.717) is 5.03 Å². The van der Waals surface area contributed by atoms with Crippen LogP contribution in [0, 0.1) is 0 Å². The van der Waals surface area contributed by atoms with Crippen molar-refractivity contribution in [1.29, 1.82) is 0 Å². The van der Waals surface area contributed by atoms with E-state index in [-0.39, 0.29) is 0 Å². The zero-order chi connectivity index (χ0) is 11.8. The van der Waals surface area contributed by atoms with E-state index in [0.717, 1.165) is 25.5 Å². The smallest absolute Gasteiger partial charge is 0.101 e. The molecule has 88 valence electrons. The van der Waals surface area contributed by atoms with Crippen LogP contribution in [-0.4, -0.2) is 49.4 Å². The molecule has 0 rings (SSSR count). The van der Waals surface area contributed by atoms with Gasteiger partial charge >= 0.3 is 0 Å². The Morgan fingerprint density at radius 1 is 1.27 bits per heavy atom. The van der Waals surface area contributed by atoms with Crippen LogP contribution in [0.2, 0.25) is 0 Å². The quantitative estimate of drug-likeness (QED) is 0.535. The molecule has 0 saturated heterocycles. The van der Waals surface area contributed by atoms with Gasteiger partial charge in [0, 0.05) is 31.4 Å². The molecular formula is C11H22ClN3. The zero-order valence-electron chi connectivity index (χ0n) is 10.4. The highest BCUT2D eigenvalue weighted by molar-refractivity contribution is 6.29. The molecule has 0 aliphatic carbocycles. The fourth-order valence-corrected chi connectivity index (χ4v) is 0.970. The minimum atomic E-state index is 0.702. The topological polar surface area (TPSA) is 18.8 Å². The first-order valence-electron chi connectivity index (χ1n) is 5.23. The first-order chi connectivity index (χ1) is 6.97. The van der Waals surface area contributed by atoms with Crippen LogP contribution in [-0.2, 0) is 0 Å². The summed E-state index contributed by atoms with van der Waals surface area (Å²) in [4.78, 5) is 8.66. The van der Waals surface area contributed by atoms with Crippen molar-refractivity contribution in [2.45, 2.75) is 20.8 Å². The Balaban J connectivity index is 4.04. The highest BCUT2D eigenvalue weighted by atomic mass is 35.5. The lowest BCUT2D eigenvalue weighted by molar-refractivity contribution is 0.318. The molecule has 0 heterocycles. The fourth-order valence-electron chi connectivity index (χ4n) is 0.922. The molecule has 0 spiro atoms. The van der Waals surface area contributed by atoms with Gasteiger partial charge in [-0.2, -0.15) is 0 Å². The van der Waals surface area contributed by atoms with Gasteiger partial charge in [0.05, 0.1) is 0 Å². The van der Waals surface area contributed by atoms with Crippen LogP contribution in [0.3, 0.4) is 0 Å². The summed E-state index contributed by atoms with van der Waals surface area (Å²) in [5.74, 6) is 0.986. The average molecular weight is 232 g/mol. The van der Waals surface area contributed by atoms with Gasteiger partial charge in [0.1, 0.15) is 5.84 Å². The second kappa shape index (κ2) is 7.71. The van der Waals surface area contributed by atoms with Gasteiger partial charge in [-0.25, -0.2) is 4.99 Å². The molecule has 15 heavy (non-hydrogen) atoms. The fraction of sp³-hybridized carbons (Fsp3) is 0.727. The van der Waals surface area contributed by atoms with Crippen molar-refractivity contribution in [3.05, 3.63) is 11.2 Å². The zero-order valence-corrected chi connectivity index (χ0v) is 11.2. The first-order valence-corrected chi connectivity index (χ1v) is 5.61. The second-order valence-electron chi connectivity index (χ2n) is 3.71. The maximum Gasteiger partial charge on any atom is 0.101 e. The van der Waals surface area contributed by atoms with E-state index in [1.165, 1.54) is 0 Å². The summed E-state index contributed by atoms with van der Waals surface area (Å²) in [5, 5.41) is 0.702. The van der Waals surface area contributed by atoms with Gasteiger partial charge in [-0.15, -0.1) is 0 Å². The van der Waals surface area contributed by atoms with Gasteiger partial charge in [-0.1, -0.05) is 18.5 Å². The Morgan fingerprint density at radius 3 is 2.33 bits per heavy atom. The Kier molecular flexibility index (Phi) is 7.44. The summed E-state index contributed by atoms with van der Waals surface area (Å²) in [5.41, 5.74) is 0. The van der Waals surface area contributed by atoms with Crippen LogP contribution >= 0.6 is 11.6 Å². The van der Waals surface area contributed by atoms with Gasteiger partial charge in [-0.3, -0.25) is 0 Å². The van der Waals surface area contributed by atoms with E-state index in [9.17, 15) is 0 Å². The van der Waals surface area contributed by atoms with Crippen molar-refractivity contribution < 1.29 is 0 Å². The van der Waals surface area contributed by atoms with E-state index < -0.39 is 0 Å². The standard InChI is InChI=1S/C11H22ClN3/c1-6-14(4)7-8-15(5)11(3)13-9-10(2)12/h9H,6-8H2,1-5H3/b10-9+,13-11?. The maximum atomic E-state index is 5.70. The minimum Gasteiger partial charge on any atom is -0.362 e. The number of allylic oxidation sites excluding steroid dienone is 1. The Hall–Kier alpha value is -0.540. The van der Waals surface area contributed by atoms with Gasteiger partial charge in [0.2, 0.25) is 0 Å². The Bertz CT molecular complexity index is 232. The van der Waals surface area contributed by atoms with Crippen molar-refractivity contribution >= 4 is 17.4 Å². The molecule has 0 amide bonds. The first kappa shape index (κ1) is 14.5. The van der Waals surface area contributed by atoms with Crippen molar-refractivity contribution in [2.24, 2.45) is 4.99 Å². The van der Waals surface area contributed by atoms with Crippen molar-refractivity contribution in [2.75, 3.05) is 33.7 Å². The second-order valence-corrected chi connectivity index (χ2v) is 4.31. The number of hydrogen-bond acceptors (Lipinski definition) is 2. The van der Waals surface area contributed by atoms with E-state index in [4.69, 9.17) is 11.6 Å². The highest BCUT2D eigenvalue weighted by Gasteiger charge is 2.01. The van der Waals surface area contributed by atoms with Crippen LogP contribution in [0.1, 0.15) is 20.8 Å². The van der Waals surface area contributed by atoms with Crippen molar-refractivity contribution in [3.8, 4) is 0 Å². The lowest BCUT2D eigenvalue weighted by Gasteiger charge is -2.22. The van der Waals surface area contributed by atoms with Gasteiger partial charge in [0.15, 0.2) is 0 Å². The minimum absolute atomic E-state index is 0.702. The van der Waals surface area contributed by atoms with Crippen LogP contribution in [0.4, 0.5) is 0 Å². The molecule has 0 aromatic rings. The molecule has 3 nitrogen and oxygen atoms in total. The molecule has 0 bridgehead atoms. The predicted molar refractivity (Wildman–Crippen MR) is 68.5 cm³/mol. The molecule has 0 unspecified atom stereocenters. The molecule has 0 saturated carbocycles. The molecule has 0 aromatic heterocycles. The summed E-state index contributed by atoms with van der Waals surface area (Å²) in [6.07, 6.45) is 1.68. The van der Waals surface area contributed by atoms with Crippen LogP contribution in [0.15, 0.2) is 16.2 Å². The van der Waals surface area contributed by atoms with Crippen LogP contribution in [0.25, 0.3) is 0 Å². The highest BCUT2D eigenvalue weighted by Crippen LogP contribution is 1.99. The predicted octanol–water partition coefficient (Wildman–Crippen LogP) is 2.39. The number of amidine groups is 1. The normalized spacial score (nSPS) is 13.5. The lowest BCUT2D eigenvalue weighted by atomic mass is 10.4. The third kappa shape index (κ3) is 7.40. The summed E-state index contributed by atoms with van der Waals surface area (Å²) in [6.45, 7) is 9.06. The van der Waals surface area contributed by atoms with Crippen molar-refractivity contribution in [1.82, 2.24) is 9.80 Å². The largest absolute Gasteiger partial charge is 0.362 e. The molecule has 4 heteroatoms. The number of aliphatic imine (C=N–C) groups is 1. The Morgan fingerprint density at radius 2 is 1.87 bits per heavy atom. The maximum absolute atomic E-state index is 5.70. The third-order valence-electron chi connectivity index (χ3n) is 2.34. The summed E-state index contributed by atoms with van der Waals surface area (Å²) in [7, 11) is 4.16. The summed E-state index contributed by atoms with van der Waals surface area (Å²) >= 11 is 5.70. The molecular weight excluding hydrogens is 210 g/mol. The molecule has 0 aromatic carbocycles. The Labute approximate surface area is 98.4 Å². The third-order valence-corrected chi connectivity index (χ3v) is 2.44. The molecule has 0 fully saturated rings. The summed E-state index contributed by atoms with van der Waals surface area (Å²) in [6, 6.07) is 0.